The minimum absolute atomic E-state index is 0.0310. The Kier molecular flexibility index (Phi) is 6.36. The van der Waals surface area contributed by atoms with Crippen LogP contribution in [-0.2, 0) is 9.47 Å². The topological polar surface area (TPSA) is 141 Å². The van der Waals surface area contributed by atoms with E-state index in [1.807, 2.05) is 0 Å². The molecular formula is C15H25N7O4. The second kappa shape index (κ2) is 8.92. The molecular weight excluding hydrogens is 342 g/mol. The summed E-state index contributed by atoms with van der Waals surface area (Å²) in [4.78, 5) is 21.3. The molecule has 4 N–H and O–H groups in total. The number of hydrogen-bond acceptors (Lipinski definition) is 10. The number of rotatable bonds is 8. The zero-order chi connectivity index (χ0) is 18.4. The zero-order valence-corrected chi connectivity index (χ0v) is 14.6. The summed E-state index contributed by atoms with van der Waals surface area (Å²) in [6.45, 7) is 5.83. The molecule has 11 heteroatoms. The zero-order valence-electron chi connectivity index (χ0n) is 14.6. The van der Waals surface area contributed by atoms with Crippen molar-refractivity contribution in [2.45, 2.75) is 18.9 Å². The van der Waals surface area contributed by atoms with Gasteiger partial charge in [0.1, 0.15) is 0 Å². The van der Waals surface area contributed by atoms with E-state index < -0.39 is 4.92 Å². The lowest BCUT2D eigenvalue weighted by Gasteiger charge is -2.26. The smallest absolute Gasteiger partial charge is 0.353 e. The van der Waals surface area contributed by atoms with Crippen LogP contribution < -0.4 is 16.4 Å². The molecule has 0 saturated carbocycles. The van der Waals surface area contributed by atoms with E-state index in [0.717, 1.165) is 45.7 Å². The molecule has 2 fully saturated rings. The molecule has 2 aliphatic heterocycles. The Morgan fingerprint density at radius 3 is 2.77 bits per heavy atom. The number of anilines is 3. The van der Waals surface area contributed by atoms with E-state index in [1.165, 1.54) is 0 Å². The van der Waals surface area contributed by atoms with Crippen molar-refractivity contribution in [3.63, 3.8) is 0 Å². The van der Waals surface area contributed by atoms with Gasteiger partial charge in [-0.3, -0.25) is 15.0 Å². The molecule has 1 aromatic heterocycles. The van der Waals surface area contributed by atoms with Crippen LogP contribution in [0.1, 0.15) is 12.8 Å². The Balaban J connectivity index is 1.62. The fourth-order valence-electron chi connectivity index (χ4n) is 3.02. The molecule has 0 aliphatic carbocycles. The lowest BCUT2D eigenvalue weighted by Crippen LogP contribution is -2.39. The lowest BCUT2D eigenvalue weighted by molar-refractivity contribution is -0.383. The largest absolute Gasteiger partial charge is 0.379 e. The normalized spacial score (nSPS) is 20.8. The van der Waals surface area contributed by atoms with E-state index in [0.29, 0.717) is 19.7 Å². The first-order valence-electron chi connectivity index (χ1n) is 8.85. The molecule has 3 heterocycles. The third-order valence-corrected chi connectivity index (χ3v) is 4.43. The average molecular weight is 367 g/mol. The van der Waals surface area contributed by atoms with Gasteiger partial charge in [-0.25, -0.2) is 0 Å². The van der Waals surface area contributed by atoms with Crippen LogP contribution in [0.3, 0.4) is 0 Å². The minimum atomic E-state index is -0.565. The number of nitrogen functional groups attached to an aromatic ring is 1. The number of nitro groups is 1. The number of nitrogens with two attached hydrogens (primary N) is 1. The number of nitrogens with zero attached hydrogens (tertiary/aromatic N) is 4. The predicted molar refractivity (Wildman–Crippen MR) is 96.3 cm³/mol. The highest BCUT2D eigenvalue weighted by molar-refractivity contribution is 5.69. The van der Waals surface area contributed by atoms with Crippen LogP contribution in [-0.4, -0.2) is 78.4 Å². The van der Waals surface area contributed by atoms with Crippen molar-refractivity contribution < 1.29 is 14.4 Å². The van der Waals surface area contributed by atoms with E-state index in [2.05, 4.69) is 25.5 Å². The second-order valence-corrected chi connectivity index (χ2v) is 6.28. The van der Waals surface area contributed by atoms with Crippen LogP contribution in [0, 0.1) is 10.1 Å². The van der Waals surface area contributed by atoms with Crippen LogP contribution in [0.4, 0.5) is 23.3 Å². The summed E-state index contributed by atoms with van der Waals surface area (Å²) >= 11 is 0. The van der Waals surface area contributed by atoms with Gasteiger partial charge in [0.05, 0.1) is 24.2 Å². The van der Waals surface area contributed by atoms with E-state index >= 15 is 0 Å². The molecule has 0 radical (unpaired) electrons. The maximum absolute atomic E-state index is 11.3. The Hall–Kier alpha value is -2.24. The van der Waals surface area contributed by atoms with Crippen LogP contribution in [0.15, 0.2) is 0 Å². The molecule has 0 spiro atoms. The molecule has 1 atom stereocenters. The third-order valence-electron chi connectivity index (χ3n) is 4.43. The van der Waals surface area contributed by atoms with Gasteiger partial charge in [-0.05, 0) is 12.8 Å². The van der Waals surface area contributed by atoms with Crippen molar-refractivity contribution >= 4 is 23.3 Å². The number of aromatic nitrogens is 2. The fraction of sp³-hybridized carbons (Fsp3) is 0.733. The van der Waals surface area contributed by atoms with Gasteiger partial charge in [0, 0.05) is 39.3 Å². The fourth-order valence-corrected chi connectivity index (χ4v) is 3.02. The van der Waals surface area contributed by atoms with Crippen molar-refractivity contribution in [3.8, 4) is 0 Å². The van der Waals surface area contributed by atoms with Gasteiger partial charge in [0.25, 0.3) is 0 Å². The van der Waals surface area contributed by atoms with Crippen LogP contribution in [0.25, 0.3) is 0 Å². The number of nitrogens with one attached hydrogen (secondary N) is 2. The van der Waals surface area contributed by atoms with Gasteiger partial charge < -0.3 is 25.8 Å². The molecule has 0 aromatic carbocycles. The quantitative estimate of drug-likeness (QED) is 0.434. The number of hydrogen-bond donors (Lipinski definition) is 3. The van der Waals surface area contributed by atoms with Gasteiger partial charge in [-0.15, -0.1) is 0 Å². The summed E-state index contributed by atoms with van der Waals surface area (Å²) in [5.74, 6) is 0.233. The minimum Gasteiger partial charge on any atom is -0.379 e. The van der Waals surface area contributed by atoms with Crippen molar-refractivity contribution in [2.75, 3.05) is 68.9 Å². The summed E-state index contributed by atoms with van der Waals surface area (Å²) in [7, 11) is 0. The van der Waals surface area contributed by atoms with E-state index in [-0.39, 0.29) is 29.4 Å². The first-order valence-corrected chi connectivity index (χ1v) is 8.85. The van der Waals surface area contributed by atoms with Gasteiger partial charge in [0.15, 0.2) is 0 Å². The van der Waals surface area contributed by atoms with Crippen LogP contribution in [0.2, 0.25) is 0 Å². The Morgan fingerprint density at radius 2 is 2.08 bits per heavy atom. The number of ether oxygens (including phenoxy) is 2. The summed E-state index contributed by atoms with van der Waals surface area (Å²) in [6.07, 6.45) is 1.95. The Labute approximate surface area is 151 Å². The first kappa shape index (κ1) is 18.5. The lowest BCUT2D eigenvalue weighted by atomic mass is 10.2. The summed E-state index contributed by atoms with van der Waals surface area (Å²) in [5, 5.41) is 17.4. The highest BCUT2D eigenvalue weighted by Crippen LogP contribution is 2.29. The summed E-state index contributed by atoms with van der Waals surface area (Å²) in [5.41, 5.74) is 5.49. The van der Waals surface area contributed by atoms with Gasteiger partial charge in [0.2, 0.25) is 17.6 Å². The van der Waals surface area contributed by atoms with Gasteiger partial charge in [-0.2, -0.15) is 9.97 Å². The molecule has 11 nitrogen and oxygen atoms in total. The molecule has 2 aliphatic rings. The van der Waals surface area contributed by atoms with Crippen molar-refractivity contribution in [1.29, 1.82) is 0 Å². The first-order chi connectivity index (χ1) is 12.6. The average Bonchev–Trinajstić information content (AvgIpc) is 3.14. The van der Waals surface area contributed by atoms with Crippen LogP contribution in [0.5, 0.6) is 0 Å². The van der Waals surface area contributed by atoms with Gasteiger partial charge in [-0.1, -0.05) is 0 Å². The van der Waals surface area contributed by atoms with Crippen LogP contribution >= 0.6 is 0 Å². The van der Waals surface area contributed by atoms with E-state index in [9.17, 15) is 10.1 Å². The maximum Gasteiger partial charge on any atom is 0.353 e. The molecule has 0 amide bonds. The third kappa shape index (κ3) is 4.90. The molecule has 2 saturated heterocycles. The highest BCUT2D eigenvalue weighted by Gasteiger charge is 2.24. The van der Waals surface area contributed by atoms with Gasteiger partial charge >= 0.3 is 5.69 Å². The highest BCUT2D eigenvalue weighted by atomic mass is 16.6. The molecule has 3 rings (SSSR count). The summed E-state index contributed by atoms with van der Waals surface area (Å²) in [6, 6.07) is 0. The Morgan fingerprint density at radius 1 is 1.27 bits per heavy atom. The molecule has 1 unspecified atom stereocenters. The predicted octanol–water partition coefficient (Wildman–Crippen LogP) is 0.302. The van der Waals surface area contributed by atoms with E-state index in [1.54, 1.807) is 0 Å². The standard InChI is InChI=1S/C15H25N7O4/c16-13-12(22(23)24)14(18-10-11-2-1-7-26-11)20-15(19-13)17-3-4-21-5-8-25-9-6-21/h11H,1-10H2,(H4,16,17,18,19,20). The SMILES string of the molecule is Nc1nc(NCCN2CCOCC2)nc(NCC2CCCO2)c1[N+](=O)[O-]. The second-order valence-electron chi connectivity index (χ2n) is 6.28. The van der Waals surface area contributed by atoms with E-state index in [4.69, 9.17) is 15.2 Å². The molecule has 1 aromatic rings. The van der Waals surface area contributed by atoms with Crippen molar-refractivity contribution in [3.05, 3.63) is 10.1 Å². The molecule has 0 bridgehead atoms. The van der Waals surface area contributed by atoms with Crippen molar-refractivity contribution in [1.82, 2.24) is 14.9 Å². The monoisotopic (exact) mass is 367 g/mol. The summed E-state index contributed by atoms with van der Waals surface area (Å²) < 4.78 is 10.8. The Bertz CT molecular complexity index is 618. The number of morpholine rings is 1. The maximum atomic E-state index is 11.3. The molecule has 26 heavy (non-hydrogen) atoms. The van der Waals surface area contributed by atoms with Crippen molar-refractivity contribution in [2.24, 2.45) is 0 Å². The molecule has 144 valence electrons.